The molecule has 3 rings (SSSR count). The largest absolute Gasteiger partial charge is 0.467 e. The molecule has 0 atom stereocenters. The maximum atomic E-state index is 5.98. The van der Waals surface area contributed by atoms with Crippen molar-refractivity contribution in [2.24, 2.45) is 0 Å². The molecule has 0 aliphatic heterocycles. The third-order valence-corrected chi connectivity index (χ3v) is 4.56. The molecule has 0 spiro atoms. The Kier molecular flexibility index (Phi) is 5.96. The first-order chi connectivity index (χ1) is 11.8. The molecule has 0 fully saturated rings. The summed E-state index contributed by atoms with van der Waals surface area (Å²) < 4.78 is 12.9. The van der Waals surface area contributed by atoms with Gasteiger partial charge in [-0.3, -0.25) is 4.57 Å². The highest BCUT2D eigenvalue weighted by Crippen LogP contribution is 2.26. The van der Waals surface area contributed by atoms with Crippen molar-refractivity contribution >= 4 is 23.4 Å². The standard InChI is InChI=1S/C17H18ClN3O2S/c1-2-22-10-11-24-17-20-19-16(13-5-7-14(18)8-6-13)21(17)12-15-4-3-9-23-15/h3-9H,2,10-12H2,1H3. The van der Waals surface area contributed by atoms with Gasteiger partial charge < -0.3 is 9.15 Å². The molecule has 1 aromatic carbocycles. The van der Waals surface area contributed by atoms with Gasteiger partial charge in [0.2, 0.25) is 0 Å². The van der Waals surface area contributed by atoms with Crippen molar-refractivity contribution in [3.8, 4) is 11.4 Å². The molecule has 2 heterocycles. The zero-order valence-electron chi connectivity index (χ0n) is 13.3. The van der Waals surface area contributed by atoms with E-state index in [0.717, 1.165) is 34.7 Å². The number of benzene rings is 1. The summed E-state index contributed by atoms with van der Waals surface area (Å²) in [7, 11) is 0. The Bertz CT molecular complexity index is 757. The second-order valence-corrected chi connectivity index (χ2v) is 6.52. The lowest BCUT2D eigenvalue weighted by molar-refractivity contribution is 0.164. The number of nitrogens with zero attached hydrogens (tertiary/aromatic N) is 3. The maximum Gasteiger partial charge on any atom is 0.192 e. The molecule has 24 heavy (non-hydrogen) atoms. The van der Waals surface area contributed by atoms with Gasteiger partial charge >= 0.3 is 0 Å². The lowest BCUT2D eigenvalue weighted by Crippen LogP contribution is -2.04. The van der Waals surface area contributed by atoms with Crippen LogP contribution in [0.2, 0.25) is 5.02 Å². The average molecular weight is 364 g/mol. The molecule has 0 aliphatic carbocycles. The lowest BCUT2D eigenvalue weighted by atomic mass is 10.2. The summed E-state index contributed by atoms with van der Waals surface area (Å²) in [5.74, 6) is 2.48. The molecule has 0 amide bonds. The summed E-state index contributed by atoms with van der Waals surface area (Å²) in [5, 5.41) is 10.2. The molecule has 0 saturated heterocycles. The molecule has 0 radical (unpaired) electrons. The first kappa shape index (κ1) is 17.1. The molecule has 0 N–H and O–H groups in total. The molecule has 126 valence electrons. The SMILES string of the molecule is CCOCCSc1nnc(-c2ccc(Cl)cc2)n1Cc1ccco1. The Balaban J connectivity index is 1.87. The molecule has 3 aromatic rings. The molecule has 7 heteroatoms. The number of halogens is 1. The monoisotopic (exact) mass is 363 g/mol. The zero-order valence-corrected chi connectivity index (χ0v) is 14.9. The topological polar surface area (TPSA) is 53.1 Å². The first-order valence-electron chi connectivity index (χ1n) is 7.70. The van der Waals surface area contributed by atoms with Crippen molar-refractivity contribution in [1.82, 2.24) is 14.8 Å². The van der Waals surface area contributed by atoms with Crippen molar-refractivity contribution < 1.29 is 9.15 Å². The average Bonchev–Trinajstić information content (AvgIpc) is 3.24. The predicted molar refractivity (Wildman–Crippen MR) is 95.5 cm³/mol. The van der Waals surface area contributed by atoms with E-state index < -0.39 is 0 Å². The summed E-state index contributed by atoms with van der Waals surface area (Å²) in [4.78, 5) is 0. The Morgan fingerprint density at radius 3 is 2.75 bits per heavy atom. The Labute approximate surface area is 150 Å². The third kappa shape index (κ3) is 4.20. The van der Waals surface area contributed by atoms with Crippen LogP contribution in [0, 0.1) is 0 Å². The van der Waals surface area contributed by atoms with Crippen molar-refractivity contribution in [3.63, 3.8) is 0 Å². The number of thioether (sulfide) groups is 1. The van der Waals surface area contributed by atoms with Gasteiger partial charge in [-0.25, -0.2) is 0 Å². The quantitative estimate of drug-likeness (QED) is 0.439. The van der Waals surface area contributed by atoms with Gasteiger partial charge in [0.05, 0.1) is 19.4 Å². The molecule has 0 bridgehead atoms. The summed E-state index contributed by atoms with van der Waals surface area (Å²) in [5.41, 5.74) is 0.968. The van der Waals surface area contributed by atoms with Crippen LogP contribution in [0.3, 0.4) is 0 Å². The van der Waals surface area contributed by atoms with Crippen LogP contribution in [0.1, 0.15) is 12.7 Å². The van der Waals surface area contributed by atoms with Gasteiger partial charge in [0, 0.05) is 22.9 Å². The van der Waals surface area contributed by atoms with E-state index in [1.54, 1.807) is 18.0 Å². The van der Waals surface area contributed by atoms with Gasteiger partial charge in [0.1, 0.15) is 5.76 Å². The van der Waals surface area contributed by atoms with E-state index in [-0.39, 0.29) is 0 Å². The minimum atomic E-state index is 0.578. The first-order valence-corrected chi connectivity index (χ1v) is 9.06. The van der Waals surface area contributed by atoms with Crippen molar-refractivity contribution in [1.29, 1.82) is 0 Å². The molecule has 2 aromatic heterocycles. The molecule has 5 nitrogen and oxygen atoms in total. The summed E-state index contributed by atoms with van der Waals surface area (Å²) >= 11 is 7.61. The summed E-state index contributed by atoms with van der Waals surface area (Å²) in [6.45, 7) is 3.97. The van der Waals surface area contributed by atoms with Crippen LogP contribution in [-0.4, -0.2) is 33.7 Å². The number of ether oxygens (including phenoxy) is 1. The normalized spacial score (nSPS) is 11.1. The van der Waals surface area contributed by atoms with E-state index in [1.165, 1.54) is 0 Å². The highest BCUT2D eigenvalue weighted by molar-refractivity contribution is 7.99. The van der Waals surface area contributed by atoms with E-state index in [0.29, 0.717) is 18.2 Å². The minimum absolute atomic E-state index is 0.578. The van der Waals surface area contributed by atoms with Gasteiger partial charge in [-0.15, -0.1) is 10.2 Å². The number of rotatable bonds is 8. The molecule has 0 saturated carbocycles. The fourth-order valence-electron chi connectivity index (χ4n) is 2.25. The van der Waals surface area contributed by atoms with E-state index in [9.17, 15) is 0 Å². The van der Waals surface area contributed by atoms with E-state index in [2.05, 4.69) is 14.8 Å². The number of aromatic nitrogens is 3. The second-order valence-electron chi connectivity index (χ2n) is 5.02. The van der Waals surface area contributed by atoms with E-state index >= 15 is 0 Å². The molecular formula is C17H18ClN3O2S. The van der Waals surface area contributed by atoms with Crippen molar-refractivity contribution in [2.75, 3.05) is 19.0 Å². The lowest BCUT2D eigenvalue weighted by Gasteiger charge is -2.09. The zero-order chi connectivity index (χ0) is 16.8. The Morgan fingerprint density at radius 1 is 1.21 bits per heavy atom. The van der Waals surface area contributed by atoms with Crippen LogP contribution in [0.25, 0.3) is 11.4 Å². The predicted octanol–water partition coefficient (Wildman–Crippen LogP) is 4.37. The van der Waals surface area contributed by atoms with E-state index in [1.807, 2.05) is 43.3 Å². The van der Waals surface area contributed by atoms with Gasteiger partial charge in [0.15, 0.2) is 11.0 Å². The maximum absolute atomic E-state index is 5.98. The number of hydrogen-bond donors (Lipinski definition) is 0. The smallest absolute Gasteiger partial charge is 0.192 e. The van der Waals surface area contributed by atoms with Crippen LogP contribution in [0.15, 0.2) is 52.2 Å². The van der Waals surface area contributed by atoms with Gasteiger partial charge in [0.25, 0.3) is 0 Å². The van der Waals surface area contributed by atoms with Crippen LogP contribution in [0.4, 0.5) is 0 Å². The van der Waals surface area contributed by atoms with Gasteiger partial charge in [-0.05, 0) is 43.3 Å². The van der Waals surface area contributed by atoms with Gasteiger partial charge in [-0.2, -0.15) is 0 Å². The van der Waals surface area contributed by atoms with E-state index in [4.69, 9.17) is 20.8 Å². The van der Waals surface area contributed by atoms with Crippen LogP contribution >= 0.6 is 23.4 Å². The fraction of sp³-hybridized carbons (Fsp3) is 0.294. The Hall–Kier alpha value is -1.76. The molecule has 0 aliphatic rings. The summed E-state index contributed by atoms with van der Waals surface area (Å²) in [6.07, 6.45) is 1.67. The highest BCUT2D eigenvalue weighted by atomic mass is 35.5. The fourth-order valence-corrected chi connectivity index (χ4v) is 3.16. The number of furan rings is 1. The molecule has 0 unspecified atom stereocenters. The Morgan fingerprint density at radius 2 is 2.04 bits per heavy atom. The van der Waals surface area contributed by atoms with Crippen LogP contribution in [-0.2, 0) is 11.3 Å². The van der Waals surface area contributed by atoms with Crippen LogP contribution < -0.4 is 0 Å². The second kappa shape index (κ2) is 8.37. The molecular weight excluding hydrogens is 346 g/mol. The highest BCUT2D eigenvalue weighted by Gasteiger charge is 2.15. The minimum Gasteiger partial charge on any atom is -0.467 e. The number of hydrogen-bond acceptors (Lipinski definition) is 5. The van der Waals surface area contributed by atoms with Crippen molar-refractivity contribution in [2.45, 2.75) is 18.6 Å². The van der Waals surface area contributed by atoms with Crippen LogP contribution in [0.5, 0.6) is 0 Å². The van der Waals surface area contributed by atoms with Gasteiger partial charge in [-0.1, -0.05) is 23.4 Å². The third-order valence-electron chi connectivity index (χ3n) is 3.38. The van der Waals surface area contributed by atoms with Crippen molar-refractivity contribution in [3.05, 3.63) is 53.4 Å². The summed E-state index contributed by atoms with van der Waals surface area (Å²) in [6, 6.07) is 11.4.